The highest BCUT2D eigenvalue weighted by Gasteiger charge is 2.26. The lowest BCUT2D eigenvalue weighted by molar-refractivity contribution is -0.161. The average Bonchev–Trinajstić information content (AvgIpc) is 3.44. The van der Waals surface area contributed by atoms with Gasteiger partial charge in [-0.05, 0) is 135 Å². The Hall–Kier alpha value is -5.41. The minimum atomic E-state index is -4.43. The number of esters is 2. The predicted molar refractivity (Wildman–Crippen MR) is 338 cm³/mol. The zero-order valence-electron chi connectivity index (χ0n) is 48.7. The van der Waals surface area contributed by atoms with Crippen molar-refractivity contribution in [2.45, 2.75) is 187 Å². The molecule has 0 fully saturated rings. The lowest BCUT2D eigenvalue weighted by Gasteiger charge is -2.19. The van der Waals surface area contributed by atoms with Gasteiger partial charge in [-0.1, -0.05) is 240 Å². The maximum atomic E-state index is 12.7. The van der Waals surface area contributed by atoms with Gasteiger partial charge in [-0.3, -0.25) is 18.6 Å². The molecular formula is C69H104NO8P. The molecule has 0 bridgehead atoms. The molecule has 0 spiro atoms. The van der Waals surface area contributed by atoms with Gasteiger partial charge in [-0.15, -0.1) is 0 Å². The summed E-state index contributed by atoms with van der Waals surface area (Å²) in [5.74, 6) is -0.969. The van der Waals surface area contributed by atoms with Crippen molar-refractivity contribution >= 4 is 19.8 Å². The second-order valence-electron chi connectivity index (χ2n) is 18.4. The SMILES string of the molecule is CC/C=C\C/C=C\C/C=C\C/C=C\C/C=C\C/C=C\C/C=C\C/C=C\C/C=C\C/C=C\C/C=C\CCCCCCCC(=O)OC(COC(=O)CC/C=C\C/C=C\C/C=C\C/C=C\C/C=C\C/C=C\CC)COP(=O)(O)OCCN. The molecular weight excluding hydrogens is 1000 g/mol. The molecule has 0 aromatic rings. The van der Waals surface area contributed by atoms with Gasteiger partial charge in [0.15, 0.2) is 6.10 Å². The van der Waals surface area contributed by atoms with E-state index in [0.717, 1.165) is 141 Å². The molecule has 0 aliphatic heterocycles. The molecule has 0 rings (SSSR count). The summed E-state index contributed by atoms with van der Waals surface area (Å²) in [5, 5.41) is 0. The fraction of sp³-hybridized carbons (Fsp3) is 0.478. The van der Waals surface area contributed by atoms with Crippen LogP contribution in [-0.4, -0.2) is 49.3 Å². The van der Waals surface area contributed by atoms with Crippen molar-refractivity contribution in [3.63, 3.8) is 0 Å². The number of allylic oxidation sites excluding steroid dienone is 34. The lowest BCUT2D eigenvalue weighted by atomic mass is 10.1. The van der Waals surface area contributed by atoms with Crippen LogP contribution in [0.3, 0.4) is 0 Å². The van der Waals surface area contributed by atoms with Crippen LogP contribution < -0.4 is 5.73 Å². The number of hydrogen-bond donors (Lipinski definition) is 2. The second kappa shape index (κ2) is 61.8. The fourth-order valence-corrected chi connectivity index (χ4v) is 7.66. The maximum absolute atomic E-state index is 12.7. The largest absolute Gasteiger partial charge is 0.472 e. The number of unbranched alkanes of at least 4 members (excludes halogenated alkanes) is 5. The van der Waals surface area contributed by atoms with Crippen molar-refractivity contribution < 1.29 is 37.6 Å². The van der Waals surface area contributed by atoms with E-state index < -0.39 is 32.5 Å². The van der Waals surface area contributed by atoms with Crippen molar-refractivity contribution in [2.24, 2.45) is 5.73 Å². The summed E-state index contributed by atoms with van der Waals surface area (Å²) in [4.78, 5) is 35.1. The van der Waals surface area contributed by atoms with Gasteiger partial charge in [0.05, 0.1) is 13.2 Å². The molecule has 79 heavy (non-hydrogen) atoms. The Labute approximate surface area is 480 Å². The molecule has 0 aromatic heterocycles. The number of rotatable bonds is 52. The Morgan fingerprint density at radius 1 is 0.380 bits per heavy atom. The van der Waals surface area contributed by atoms with E-state index in [0.29, 0.717) is 12.8 Å². The molecule has 0 aliphatic carbocycles. The standard InChI is InChI=1S/C69H104NO8P/c1-3-5-7-9-11-13-15-17-19-21-23-24-25-26-27-28-29-30-31-32-33-34-35-36-37-38-39-40-41-42-44-46-48-50-52-54-56-58-60-62-69(72)78-67(66-77-79(73,74)76-64-63-70)65-75-68(71)61-59-57-55-53-51-49-47-45-43-22-20-18-16-14-12-10-8-6-4-2/h5-8,11-14,17-20,23-24,26-27,29-30,32-33,35-36,38-39,41-43,45-46,48-49,51,55,57,67H,3-4,9-10,15-16,21-22,25,28,31,34,37,40,44,47,50,52-54,56,58-66,70H2,1-2H3,(H,73,74)/b7-5-,8-6-,13-11-,14-12-,19-17-,20-18-,24-23-,27-26-,30-29-,33-32-,36-35-,39-38-,42-41-,45-43-,48-46-,51-49-,57-55-. The van der Waals surface area contributed by atoms with Gasteiger partial charge in [0.25, 0.3) is 0 Å². The first-order valence-corrected chi connectivity index (χ1v) is 31.1. The zero-order valence-corrected chi connectivity index (χ0v) is 49.6. The van der Waals surface area contributed by atoms with E-state index in [9.17, 15) is 19.0 Å². The van der Waals surface area contributed by atoms with Crippen LogP contribution in [0.2, 0.25) is 0 Å². The van der Waals surface area contributed by atoms with Crippen molar-refractivity contribution in [3.8, 4) is 0 Å². The van der Waals surface area contributed by atoms with Gasteiger partial charge in [-0.2, -0.15) is 0 Å². The quantitative estimate of drug-likeness (QED) is 0.0264. The normalized spacial score (nSPS) is 14.5. The topological polar surface area (TPSA) is 134 Å². The van der Waals surface area contributed by atoms with Crippen molar-refractivity contribution in [1.82, 2.24) is 0 Å². The number of carbonyl (C=O) groups is 2. The minimum absolute atomic E-state index is 0.0282. The van der Waals surface area contributed by atoms with E-state index >= 15 is 0 Å². The highest BCUT2D eigenvalue weighted by atomic mass is 31.2. The monoisotopic (exact) mass is 1110 g/mol. The summed E-state index contributed by atoms with van der Waals surface area (Å²) in [6.45, 7) is 3.36. The predicted octanol–water partition coefficient (Wildman–Crippen LogP) is 19.2. The van der Waals surface area contributed by atoms with E-state index in [-0.39, 0.29) is 32.6 Å². The number of carbonyl (C=O) groups excluding carboxylic acids is 2. The number of hydrogen-bond acceptors (Lipinski definition) is 8. The Balaban J connectivity index is 4.15. The summed E-state index contributed by atoms with van der Waals surface area (Å²) >= 11 is 0. The van der Waals surface area contributed by atoms with Crippen LogP contribution in [0.5, 0.6) is 0 Å². The molecule has 438 valence electrons. The van der Waals surface area contributed by atoms with Crippen molar-refractivity contribution in [1.29, 1.82) is 0 Å². The van der Waals surface area contributed by atoms with E-state index in [2.05, 4.69) is 208 Å². The molecule has 0 aliphatic rings. The third-order valence-electron chi connectivity index (χ3n) is 11.2. The van der Waals surface area contributed by atoms with Gasteiger partial charge >= 0.3 is 19.8 Å². The summed E-state index contributed by atoms with van der Waals surface area (Å²) in [6, 6.07) is 0. The molecule has 10 heteroatoms. The smallest absolute Gasteiger partial charge is 0.462 e. The van der Waals surface area contributed by atoms with Crippen LogP contribution >= 0.6 is 7.82 Å². The van der Waals surface area contributed by atoms with Gasteiger partial charge in [0, 0.05) is 19.4 Å². The Morgan fingerprint density at radius 3 is 1.03 bits per heavy atom. The first-order chi connectivity index (χ1) is 38.8. The van der Waals surface area contributed by atoms with E-state index in [4.69, 9.17) is 24.3 Å². The molecule has 0 radical (unpaired) electrons. The van der Waals surface area contributed by atoms with Crippen molar-refractivity contribution in [2.75, 3.05) is 26.4 Å². The van der Waals surface area contributed by atoms with Crippen molar-refractivity contribution in [3.05, 3.63) is 207 Å². The number of nitrogens with two attached hydrogens (primary N) is 1. The third kappa shape index (κ3) is 61.7. The average molecular weight is 1110 g/mol. The Bertz CT molecular complexity index is 2040. The highest BCUT2D eigenvalue weighted by molar-refractivity contribution is 7.47. The Kier molecular flexibility index (Phi) is 57.6. The van der Waals surface area contributed by atoms with Crippen LogP contribution in [0.1, 0.15) is 181 Å². The molecule has 2 unspecified atom stereocenters. The molecule has 2 atom stereocenters. The molecule has 0 aromatic carbocycles. The molecule has 0 saturated carbocycles. The van der Waals surface area contributed by atoms with Crippen LogP contribution in [0.25, 0.3) is 0 Å². The number of phosphoric acid groups is 1. The molecule has 0 amide bonds. The van der Waals surface area contributed by atoms with Gasteiger partial charge in [0.1, 0.15) is 6.61 Å². The second-order valence-corrected chi connectivity index (χ2v) is 19.8. The summed E-state index contributed by atoms with van der Waals surface area (Å²) < 4.78 is 32.9. The van der Waals surface area contributed by atoms with Gasteiger partial charge < -0.3 is 20.1 Å². The van der Waals surface area contributed by atoms with Crippen LogP contribution in [0.4, 0.5) is 0 Å². The first-order valence-electron chi connectivity index (χ1n) is 29.6. The van der Waals surface area contributed by atoms with E-state index in [1.165, 1.54) is 0 Å². The van der Waals surface area contributed by atoms with Gasteiger partial charge in [0.2, 0.25) is 0 Å². The minimum Gasteiger partial charge on any atom is -0.462 e. The molecule has 3 N–H and O–H groups in total. The zero-order chi connectivity index (χ0) is 57.3. The van der Waals surface area contributed by atoms with Gasteiger partial charge in [-0.25, -0.2) is 4.57 Å². The fourth-order valence-electron chi connectivity index (χ4n) is 6.90. The third-order valence-corrected chi connectivity index (χ3v) is 12.2. The molecule has 9 nitrogen and oxygen atoms in total. The Morgan fingerprint density at radius 2 is 0.684 bits per heavy atom. The number of phosphoric ester groups is 1. The lowest BCUT2D eigenvalue weighted by Crippen LogP contribution is -2.29. The summed E-state index contributed by atoms with van der Waals surface area (Å²) in [5.41, 5.74) is 5.37. The van der Waals surface area contributed by atoms with Crippen LogP contribution in [0.15, 0.2) is 207 Å². The number of ether oxygens (including phenoxy) is 2. The molecule has 0 saturated heterocycles. The highest BCUT2D eigenvalue weighted by Crippen LogP contribution is 2.43. The summed E-state index contributed by atoms with van der Waals surface area (Å²) in [7, 11) is -4.43. The first kappa shape index (κ1) is 73.6. The summed E-state index contributed by atoms with van der Waals surface area (Å²) in [6.07, 6.45) is 96.2. The molecule has 0 heterocycles. The van der Waals surface area contributed by atoms with Crippen LogP contribution in [0, 0.1) is 0 Å². The van der Waals surface area contributed by atoms with E-state index in [1.54, 1.807) is 0 Å². The maximum Gasteiger partial charge on any atom is 0.472 e. The van der Waals surface area contributed by atoms with Crippen LogP contribution in [-0.2, 0) is 32.7 Å². The van der Waals surface area contributed by atoms with E-state index in [1.807, 2.05) is 12.2 Å².